The van der Waals surface area contributed by atoms with E-state index in [2.05, 4.69) is 20.8 Å². The number of fused-ring (bicyclic) bond motifs is 1. The van der Waals surface area contributed by atoms with Gasteiger partial charge in [-0.1, -0.05) is 33.3 Å². The Morgan fingerprint density at radius 2 is 2.12 bits per heavy atom. The highest BCUT2D eigenvalue weighted by Crippen LogP contribution is 2.52. The molecule has 0 saturated heterocycles. The maximum absolute atomic E-state index is 11.7. The van der Waals surface area contributed by atoms with Crippen molar-refractivity contribution in [2.24, 2.45) is 23.2 Å². The zero-order valence-electron chi connectivity index (χ0n) is 11.4. The van der Waals surface area contributed by atoms with Crippen molar-refractivity contribution < 1.29 is 9.90 Å². The smallest absolute Gasteiger partial charge is 0.184 e. The van der Waals surface area contributed by atoms with Gasteiger partial charge in [-0.25, -0.2) is 0 Å². The summed E-state index contributed by atoms with van der Waals surface area (Å²) in [4.78, 5) is 11.7. The van der Waals surface area contributed by atoms with Gasteiger partial charge in [0.05, 0.1) is 0 Å². The molecule has 0 heterocycles. The minimum absolute atomic E-state index is 0.0283. The average Bonchev–Trinajstić information content (AvgIpc) is 2.27. The predicted octanol–water partition coefficient (Wildman–Crippen LogP) is 2.95. The fourth-order valence-corrected chi connectivity index (χ4v) is 3.54. The zero-order chi connectivity index (χ0) is 12.8. The highest BCUT2D eigenvalue weighted by atomic mass is 16.3. The normalized spacial score (nSPS) is 42.4. The van der Waals surface area contributed by atoms with Crippen LogP contribution in [0.25, 0.3) is 0 Å². The van der Waals surface area contributed by atoms with Gasteiger partial charge in [0.15, 0.2) is 5.78 Å². The quantitative estimate of drug-likeness (QED) is 0.760. The molecule has 0 aliphatic heterocycles. The van der Waals surface area contributed by atoms with Crippen molar-refractivity contribution in [2.45, 2.75) is 53.1 Å². The molecule has 0 aromatic heterocycles. The van der Waals surface area contributed by atoms with Gasteiger partial charge in [0.2, 0.25) is 0 Å². The first kappa shape index (κ1) is 12.8. The van der Waals surface area contributed by atoms with Gasteiger partial charge in [-0.2, -0.15) is 0 Å². The molecular formula is C15H24O2. The summed E-state index contributed by atoms with van der Waals surface area (Å²) in [7, 11) is 0. The van der Waals surface area contributed by atoms with Gasteiger partial charge in [0.1, 0.15) is 6.10 Å². The Morgan fingerprint density at radius 1 is 1.47 bits per heavy atom. The monoisotopic (exact) mass is 236 g/mol. The van der Waals surface area contributed by atoms with E-state index in [1.807, 2.05) is 6.92 Å². The van der Waals surface area contributed by atoms with Gasteiger partial charge >= 0.3 is 0 Å². The molecule has 0 unspecified atom stereocenters. The van der Waals surface area contributed by atoms with E-state index in [1.165, 1.54) is 12.0 Å². The Morgan fingerprint density at radius 3 is 2.71 bits per heavy atom. The first-order valence-corrected chi connectivity index (χ1v) is 6.79. The molecule has 2 aliphatic rings. The zero-order valence-corrected chi connectivity index (χ0v) is 11.4. The topological polar surface area (TPSA) is 37.3 Å². The van der Waals surface area contributed by atoms with E-state index in [1.54, 1.807) is 6.08 Å². The number of hydrogen-bond donors (Lipinski definition) is 1. The van der Waals surface area contributed by atoms with E-state index < -0.39 is 6.10 Å². The summed E-state index contributed by atoms with van der Waals surface area (Å²) in [6.07, 6.45) is 4.26. The summed E-state index contributed by atoms with van der Waals surface area (Å²) in [6.45, 7) is 8.81. The van der Waals surface area contributed by atoms with Crippen molar-refractivity contribution in [3.05, 3.63) is 11.6 Å². The molecule has 96 valence electrons. The second-order valence-electron chi connectivity index (χ2n) is 6.47. The van der Waals surface area contributed by atoms with Crippen LogP contribution < -0.4 is 0 Å². The molecular weight excluding hydrogens is 212 g/mol. The average molecular weight is 236 g/mol. The van der Waals surface area contributed by atoms with Crippen molar-refractivity contribution in [3.8, 4) is 0 Å². The third-order valence-electron chi connectivity index (χ3n) is 5.23. The SMILES string of the molecule is CC(C)[C@@H]1CCC2=CC(=O)[C@@H](O)[C@@H](C)[C@]2(C)C1. The van der Waals surface area contributed by atoms with Gasteiger partial charge < -0.3 is 5.11 Å². The maximum Gasteiger partial charge on any atom is 0.184 e. The molecule has 2 nitrogen and oxygen atoms in total. The number of aliphatic hydroxyl groups excluding tert-OH is 1. The molecule has 1 fully saturated rings. The number of aliphatic hydroxyl groups is 1. The molecule has 0 aromatic carbocycles. The van der Waals surface area contributed by atoms with Crippen LogP contribution >= 0.6 is 0 Å². The van der Waals surface area contributed by atoms with E-state index in [0.29, 0.717) is 5.92 Å². The Kier molecular flexibility index (Phi) is 3.19. The van der Waals surface area contributed by atoms with Crippen LogP contribution in [0.3, 0.4) is 0 Å². The van der Waals surface area contributed by atoms with Gasteiger partial charge in [-0.3, -0.25) is 4.79 Å². The van der Waals surface area contributed by atoms with Crippen LogP contribution in [-0.2, 0) is 4.79 Å². The van der Waals surface area contributed by atoms with Gasteiger partial charge in [0.25, 0.3) is 0 Å². The van der Waals surface area contributed by atoms with Crippen LogP contribution in [0.1, 0.15) is 47.0 Å². The van der Waals surface area contributed by atoms with Gasteiger partial charge in [-0.05, 0) is 48.5 Å². The van der Waals surface area contributed by atoms with E-state index >= 15 is 0 Å². The summed E-state index contributed by atoms with van der Waals surface area (Å²) >= 11 is 0. The number of ketones is 1. The number of allylic oxidation sites excluding steroid dienone is 1. The summed E-state index contributed by atoms with van der Waals surface area (Å²) in [6, 6.07) is 0. The lowest BCUT2D eigenvalue weighted by Crippen LogP contribution is -2.46. The minimum atomic E-state index is -0.797. The van der Waals surface area contributed by atoms with E-state index in [4.69, 9.17) is 0 Å². The number of carbonyl (C=O) groups excluding carboxylic acids is 1. The molecule has 2 rings (SSSR count). The largest absolute Gasteiger partial charge is 0.385 e. The molecule has 0 spiro atoms. The molecule has 0 bridgehead atoms. The fourth-order valence-electron chi connectivity index (χ4n) is 3.54. The molecule has 2 heteroatoms. The Labute approximate surface area is 104 Å². The summed E-state index contributed by atoms with van der Waals surface area (Å²) in [5.41, 5.74) is 1.30. The van der Waals surface area contributed by atoms with Crippen LogP contribution in [0.4, 0.5) is 0 Å². The molecule has 0 amide bonds. The summed E-state index contributed by atoms with van der Waals surface area (Å²) in [5, 5.41) is 9.98. The van der Waals surface area contributed by atoms with Crippen LogP contribution in [0.5, 0.6) is 0 Å². The molecule has 1 saturated carbocycles. The number of rotatable bonds is 1. The van der Waals surface area contributed by atoms with Crippen molar-refractivity contribution in [1.29, 1.82) is 0 Å². The maximum atomic E-state index is 11.7. The van der Waals surface area contributed by atoms with Crippen molar-refractivity contribution in [3.63, 3.8) is 0 Å². The van der Waals surface area contributed by atoms with Crippen LogP contribution in [0.2, 0.25) is 0 Å². The minimum Gasteiger partial charge on any atom is -0.385 e. The number of hydrogen-bond acceptors (Lipinski definition) is 2. The third kappa shape index (κ3) is 1.97. The molecule has 17 heavy (non-hydrogen) atoms. The lowest BCUT2D eigenvalue weighted by Gasteiger charge is -2.49. The molecule has 4 atom stereocenters. The highest BCUT2D eigenvalue weighted by Gasteiger charge is 2.47. The molecule has 2 aliphatic carbocycles. The van der Waals surface area contributed by atoms with Crippen LogP contribution in [0.15, 0.2) is 11.6 Å². The molecule has 0 radical (unpaired) electrons. The molecule has 0 aromatic rings. The van der Waals surface area contributed by atoms with E-state index in [9.17, 15) is 9.90 Å². The van der Waals surface area contributed by atoms with Gasteiger partial charge in [0, 0.05) is 0 Å². The number of carbonyl (C=O) groups is 1. The summed E-state index contributed by atoms with van der Waals surface area (Å²) < 4.78 is 0. The Balaban J connectivity index is 2.32. The standard InChI is InChI=1S/C15H24O2/c1-9(2)11-5-6-12-7-13(16)14(17)10(3)15(12,4)8-11/h7,9-11,14,17H,5-6,8H2,1-4H3/t10-,11-,14+,15+/m1/s1. The second kappa shape index (κ2) is 4.24. The van der Waals surface area contributed by atoms with Crippen molar-refractivity contribution in [1.82, 2.24) is 0 Å². The molecule has 1 N–H and O–H groups in total. The fraction of sp³-hybridized carbons (Fsp3) is 0.800. The Bertz CT molecular complexity index is 356. The first-order valence-electron chi connectivity index (χ1n) is 6.79. The van der Waals surface area contributed by atoms with Crippen LogP contribution in [-0.4, -0.2) is 17.0 Å². The first-order chi connectivity index (χ1) is 7.86. The summed E-state index contributed by atoms with van der Waals surface area (Å²) in [5.74, 6) is 1.37. The lowest BCUT2D eigenvalue weighted by molar-refractivity contribution is -0.129. The van der Waals surface area contributed by atoms with E-state index in [0.717, 1.165) is 18.8 Å². The predicted molar refractivity (Wildman–Crippen MR) is 68.5 cm³/mol. The van der Waals surface area contributed by atoms with E-state index in [-0.39, 0.29) is 17.1 Å². The lowest BCUT2D eigenvalue weighted by atomic mass is 9.56. The highest BCUT2D eigenvalue weighted by molar-refractivity contribution is 5.95. The van der Waals surface area contributed by atoms with Gasteiger partial charge in [-0.15, -0.1) is 0 Å². The third-order valence-corrected chi connectivity index (χ3v) is 5.23. The van der Waals surface area contributed by atoms with Crippen LogP contribution in [0, 0.1) is 23.2 Å². The second-order valence-corrected chi connectivity index (χ2v) is 6.47. The van der Waals surface area contributed by atoms with Crippen molar-refractivity contribution >= 4 is 5.78 Å². The Hall–Kier alpha value is -0.630. The van der Waals surface area contributed by atoms with Crippen molar-refractivity contribution in [2.75, 3.05) is 0 Å².